The smallest absolute Gasteiger partial charge is 0.181 e. The summed E-state index contributed by atoms with van der Waals surface area (Å²) in [6.45, 7) is 6.93. The van der Waals surface area contributed by atoms with Gasteiger partial charge in [-0.05, 0) is 39.0 Å². The van der Waals surface area contributed by atoms with Crippen molar-refractivity contribution in [3.8, 4) is 11.3 Å². The van der Waals surface area contributed by atoms with E-state index in [2.05, 4.69) is 31.1 Å². The van der Waals surface area contributed by atoms with Crippen molar-refractivity contribution in [2.75, 3.05) is 0 Å². The van der Waals surface area contributed by atoms with Crippen LogP contribution in [-0.4, -0.2) is 10.5 Å². The summed E-state index contributed by atoms with van der Waals surface area (Å²) in [7, 11) is 0. The summed E-state index contributed by atoms with van der Waals surface area (Å²) in [5.41, 5.74) is 1.69. The molecule has 0 spiro atoms. The summed E-state index contributed by atoms with van der Waals surface area (Å²) < 4.78 is 5.46. The van der Waals surface area contributed by atoms with Crippen LogP contribution in [0.5, 0.6) is 0 Å². The van der Waals surface area contributed by atoms with E-state index >= 15 is 0 Å². The van der Waals surface area contributed by atoms with Crippen LogP contribution < -0.4 is 5.32 Å². The van der Waals surface area contributed by atoms with Gasteiger partial charge in [0.1, 0.15) is 5.69 Å². The number of benzene rings is 1. The van der Waals surface area contributed by atoms with E-state index in [-0.39, 0.29) is 5.54 Å². The van der Waals surface area contributed by atoms with Crippen molar-refractivity contribution in [3.63, 3.8) is 0 Å². The molecule has 0 amide bonds. The molecule has 2 aromatic rings. The lowest BCUT2D eigenvalue weighted by Crippen LogP contribution is -2.35. The van der Waals surface area contributed by atoms with Crippen molar-refractivity contribution < 1.29 is 4.42 Å². The summed E-state index contributed by atoms with van der Waals surface area (Å²) in [4.78, 5) is 4.24. The third kappa shape index (κ3) is 3.96. The summed E-state index contributed by atoms with van der Waals surface area (Å²) in [5.74, 6) is 0.696. The van der Waals surface area contributed by atoms with E-state index in [0.717, 1.165) is 11.3 Å². The minimum absolute atomic E-state index is 0.0161. The van der Waals surface area contributed by atoms with E-state index in [1.165, 1.54) is 6.39 Å². The Kier molecular flexibility index (Phi) is 4.19. The number of hydrogen-bond acceptors (Lipinski definition) is 3. The lowest BCUT2D eigenvalue weighted by atomic mass is 10.1. The molecule has 0 aliphatic heterocycles. The van der Waals surface area contributed by atoms with E-state index in [1.54, 1.807) is 6.07 Å². The van der Waals surface area contributed by atoms with Crippen LogP contribution in [0.4, 0.5) is 0 Å². The lowest BCUT2D eigenvalue weighted by molar-refractivity contribution is 0.421. The SMILES string of the molecule is CC(C)(C)NCc1ncoc1-c1cc(Cl)cc(Cl)c1. The van der Waals surface area contributed by atoms with Crippen molar-refractivity contribution in [1.29, 1.82) is 0 Å². The quantitative estimate of drug-likeness (QED) is 0.904. The van der Waals surface area contributed by atoms with Gasteiger partial charge in [-0.1, -0.05) is 23.2 Å². The highest BCUT2D eigenvalue weighted by atomic mass is 35.5. The van der Waals surface area contributed by atoms with Crippen LogP contribution in [0.1, 0.15) is 26.5 Å². The van der Waals surface area contributed by atoms with Crippen molar-refractivity contribution in [1.82, 2.24) is 10.3 Å². The molecule has 1 heterocycles. The van der Waals surface area contributed by atoms with Crippen LogP contribution in [0, 0.1) is 0 Å². The first-order chi connectivity index (χ1) is 8.85. The number of hydrogen-bond donors (Lipinski definition) is 1. The van der Waals surface area contributed by atoms with E-state index in [1.807, 2.05) is 12.1 Å². The first-order valence-corrected chi connectivity index (χ1v) is 6.74. The Morgan fingerprint density at radius 3 is 2.37 bits per heavy atom. The Morgan fingerprint density at radius 1 is 1.16 bits per heavy atom. The maximum atomic E-state index is 6.01. The highest BCUT2D eigenvalue weighted by molar-refractivity contribution is 6.35. The standard InChI is InChI=1S/C14H16Cl2N2O/c1-14(2,3)18-7-12-13(19-8-17-12)9-4-10(15)6-11(16)5-9/h4-6,8,18H,7H2,1-3H3. The Morgan fingerprint density at radius 2 is 1.79 bits per heavy atom. The molecule has 0 bridgehead atoms. The van der Waals surface area contributed by atoms with Crippen LogP contribution in [-0.2, 0) is 6.54 Å². The van der Waals surface area contributed by atoms with Gasteiger partial charge in [0.2, 0.25) is 0 Å². The van der Waals surface area contributed by atoms with Gasteiger partial charge in [-0.15, -0.1) is 0 Å². The molecule has 0 fully saturated rings. The second-order valence-corrected chi connectivity index (χ2v) is 6.26. The summed E-state index contributed by atoms with van der Waals surface area (Å²) in [6, 6.07) is 5.32. The number of nitrogens with zero attached hydrogens (tertiary/aromatic N) is 1. The molecule has 0 aliphatic carbocycles. The van der Waals surface area contributed by atoms with E-state index < -0.39 is 0 Å². The maximum absolute atomic E-state index is 6.01. The minimum Gasteiger partial charge on any atom is -0.443 e. The molecule has 0 radical (unpaired) electrons. The number of nitrogens with one attached hydrogen (secondary N) is 1. The predicted molar refractivity (Wildman–Crippen MR) is 78.6 cm³/mol. The molecule has 1 aromatic carbocycles. The fourth-order valence-corrected chi connectivity index (χ4v) is 2.19. The molecule has 19 heavy (non-hydrogen) atoms. The van der Waals surface area contributed by atoms with Gasteiger partial charge in [-0.25, -0.2) is 4.98 Å². The van der Waals surface area contributed by atoms with Crippen LogP contribution in [0.3, 0.4) is 0 Å². The summed E-state index contributed by atoms with van der Waals surface area (Å²) in [5, 5.41) is 4.53. The number of rotatable bonds is 3. The monoisotopic (exact) mass is 298 g/mol. The largest absolute Gasteiger partial charge is 0.443 e. The first kappa shape index (κ1) is 14.4. The molecule has 3 nitrogen and oxygen atoms in total. The molecule has 2 rings (SSSR count). The molecule has 0 unspecified atom stereocenters. The first-order valence-electron chi connectivity index (χ1n) is 5.99. The van der Waals surface area contributed by atoms with Crippen LogP contribution in [0.25, 0.3) is 11.3 Å². The van der Waals surface area contributed by atoms with E-state index in [4.69, 9.17) is 27.6 Å². The van der Waals surface area contributed by atoms with Gasteiger partial charge in [0.05, 0.1) is 0 Å². The maximum Gasteiger partial charge on any atom is 0.181 e. The van der Waals surface area contributed by atoms with Gasteiger partial charge in [-0.3, -0.25) is 0 Å². The highest BCUT2D eigenvalue weighted by Gasteiger charge is 2.15. The number of aromatic nitrogens is 1. The van der Waals surface area contributed by atoms with Crippen LogP contribution >= 0.6 is 23.2 Å². The van der Waals surface area contributed by atoms with Crippen molar-refractivity contribution in [3.05, 3.63) is 40.3 Å². The molecule has 5 heteroatoms. The fourth-order valence-electron chi connectivity index (χ4n) is 1.66. The molecular formula is C14H16Cl2N2O. The topological polar surface area (TPSA) is 38.1 Å². The zero-order chi connectivity index (χ0) is 14.0. The predicted octanol–water partition coefficient (Wildman–Crippen LogP) is 4.54. The van der Waals surface area contributed by atoms with Crippen LogP contribution in [0.15, 0.2) is 29.0 Å². The molecule has 0 atom stereocenters. The van der Waals surface area contributed by atoms with Crippen LogP contribution in [0.2, 0.25) is 10.0 Å². The summed E-state index contributed by atoms with van der Waals surface area (Å²) in [6.07, 6.45) is 1.43. The molecule has 0 saturated heterocycles. The molecule has 1 aromatic heterocycles. The van der Waals surface area contributed by atoms with Gasteiger partial charge in [0, 0.05) is 27.7 Å². The third-order valence-electron chi connectivity index (χ3n) is 2.55. The zero-order valence-electron chi connectivity index (χ0n) is 11.1. The average Bonchev–Trinajstić information content (AvgIpc) is 2.72. The zero-order valence-corrected chi connectivity index (χ0v) is 12.6. The Balaban J connectivity index is 2.28. The van der Waals surface area contributed by atoms with Gasteiger partial charge >= 0.3 is 0 Å². The second-order valence-electron chi connectivity index (χ2n) is 5.39. The van der Waals surface area contributed by atoms with Crippen molar-refractivity contribution >= 4 is 23.2 Å². The van der Waals surface area contributed by atoms with Crippen molar-refractivity contribution in [2.45, 2.75) is 32.9 Å². The van der Waals surface area contributed by atoms with Gasteiger partial charge in [0.15, 0.2) is 12.2 Å². The molecular weight excluding hydrogens is 283 g/mol. The van der Waals surface area contributed by atoms with E-state index in [0.29, 0.717) is 22.4 Å². The van der Waals surface area contributed by atoms with Gasteiger partial charge in [0.25, 0.3) is 0 Å². The van der Waals surface area contributed by atoms with Gasteiger partial charge in [-0.2, -0.15) is 0 Å². The molecule has 102 valence electrons. The lowest BCUT2D eigenvalue weighted by Gasteiger charge is -2.19. The van der Waals surface area contributed by atoms with E-state index in [9.17, 15) is 0 Å². The van der Waals surface area contributed by atoms with Crippen molar-refractivity contribution in [2.24, 2.45) is 0 Å². The molecule has 0 aliphatic rings. The minimum atomic E-state index is 0.0161. The Bertz CT molecular complexity index is 553. The summed E-state index contributed by atoms with van der Waals surface area (Å²) >= 11 is 12.0. The molecule has 1 N–H and O–H groups in total. The Labute approximate surface area is 122 Å². The Hall–Kier alpha value is -1.03. The normalized spacial score (nSPS) is 11.8. The molecule has 0 saturated carbocycles. The number of oxazole rings is 1. The average molecular weight is 299 g/mol. The third-order valence-corrected chi connectivity index (χ3v) is 2.99. The van der Waals surface area contributed by atoms with Gasteiger partial charge < -0.3 is 9.73 Å². The second kappa shape index (κ2) is 5.53. The highest BCUT2D eigenvalue weighted by Crippen LogP contribution is 2.29. The fraction of sp³-hybridized carbons (Fsp3) is 0.357. The number of halogens is 2.